The molecule has 3 rings (SSSR count). The number of halogens is 4. The Labute approximate surface area is 157 Å². The van der Waals surface area contributed by atoms with Gasteiger partial charge in [-0.3, -0.25) is 0 Å². The van der Waals surface area contributed by atoms with E-state index in [0.29, 0.717) is 17.6 Å². The van der Waals surface area contributed by atoms with Crippen molar-refractivity contribution in [3.8, 4) is 28.6 Å². The summed E-state index contributed by atoms with van der Waals surface area (Å²) in [6, 6.07) is 8.71. The van der Waals surface area contributed by atoms with Crippen LogP contribution < -0.4 is 15.2 Å². The lowest BCUT2D eigenvalue weighted by atomic mass is 10.1. The monoisotopic (exact) mass is 393 g/mol. The Bertz CT molecular complexity index is 1010. The number of nitrogens with two attached hydrogens (primary N) is 1. The van der Waals surface area contributed by atoms with Crippen LogP contribution in [0.4, 0.5) is 23.2 Å². The minimum Gasteiger partial charge on any atom is -0.497 e. The van der Waals surface area contributed by atoms with Crippen LogP contribution >= 0.6 is 0 Å². The van der Waals surface area contributed by atoms with Crippen LogP contribution in [0.2, 0.25) is 0 Å². The molecule has 146 valence electrons. The summed E-state index contributed by atoms with van der Waals surface area (Å²) < 4.78 is 63.3. The molecular weight excluding hydrogens is 378 g/mol. The zero-order chi connectivity index (χ0) is 20.5. The van der Waals surface area contributed by atoms with Gasteiger partial charge in [-0.2, -0.15) is 18.2 Å². The number of nitrogens with zero attached hydrogens (tertiary/aromatic N) is 2. The van der Waals surface area contributed by atoms with Crippen LogP contribution in [0.1, 0.15) is 11.4 Å². The first-order valence-electron chi connectivity index (χ1n) is 8.02. The van der Waals surface area contributed by atoms with Gasteiger partial charge >= 0.3 is 6.18 Å². The van der Waals surface area contributed by atoms with E-state index in [1.165, 1.54) is 14.0 Å². The number of alkyl halides is 3. The maximum absolute atomic E-state index is 14.3. The summed E-state index contributed by atoms with van der Waals surface area (Å²) >= 11 is 0. The first kappa shape index (κ1) is 19.4. The van der Waals surface area contributed by atoms with Gasteiger partial charge in [0.05, 0.1) is 12.7 Å². The highest BCUT2D eigenvalue weighted by molar-refractivity contribution is 5.76. The molecule has 0 radical (unpaired) electrons. The number of anilines is 1. The van der Waals surface area contributed by atoms with Crippen LogP contribution in [0.15, 0.2) is 42.5 Å². The van der Waals surface area contributed by atoms with E-state index in [-0.39, 0.29) is 28.6 Å². The molecule has 28 heavy (non-hydrogen) atoms. The van der Waals surface area contributed by atoms with Gasteiger partial charge in [-0.15, -0.1) is 0 Å². The molecule has 0 aliphatic rings. The van der Waals surface area contributed by atoms with E-state index in [4.69, 9.17) is 15.2 Å². The van der Waals surface area contributed by atoms with Gasteiger partial charge in [-0.05, 0) is 49.4 Å². The molecule has 0 unspecified atom stereocenters. The van der Waals surface area contributed by atoms with E-state index in [2.05, 4.69) is 9.97 Å². The van der Waals surface area contributed by atoms with Crippen molar-refractivity contribution in [3.63, 3.8) is 0 Å². The number of ether oxygens (including phenoxy) is 2. The number of aromatic nitrogens is 2. The van der Waals surface area contributed by atoms with Gasteiger partial charge in [0, 0.05) is 5.56 Å². The Morgan fingerprint density at radius 1 is 0.964 bits per heavy atom. The number of hydrogen-bond acceptors (Lipinski definition) is 5. The smallest absolute Gasteiger partial charge is 0.416 e. The first-order valence-corrected chi connectivity index (χ1v) is 8.02. The van der Waals surface area contributed by atoms with E-state index in [1.54, 1.807) is 24.3 Å². The summed E-state index contributed by atoms with van der Waals surface area (Å²) in [5.74, 6) is 0.0881. The number of hydrogen-bond donors (Lipinski definition) is 1. The van der Waals surface area contributed by atoms with Gasteiger partial charge in [0.15, 0.2) is 0 Å². The number of benzene rings is 2. The van der Waals surface area contributed by atoms with Crippen molar-refractivity contribution in [1.29, 1.82) is 0 Å². The van der Waals surface area contributed by atoms with Crippen LogP contribution in [0.3, 0.4) is 0 Å². The minimum atomic E-state index is -4.66. The predicted molar refractivity (Wildman–Crippen MR) is 94.6 cm³/mol. The average molecular weight is 393 g/mol. The maximum atomic E-state index is 14.3. The fraction of sp³-hybridized carbons (Fsp3) is 0.158. The third-order valence-corrected chi connectivity index (χ3v) is 3.85. The number of rotatable bonds is 4. The van der Waals surface area contributed by atoms with Gasteiger partial charge in [0.25, 0.3) is 0 Å². The van der Waals surface area contributed by atoms with Crippen LogP contribution in [0.25, 0.3) is 11.3 Å². The quantitative estimate of drug-likeness (QED) is 0.632. The second-order valence-electron chi connectivity index (χ2n) is 5.81. The Kier molecular flexibility index (Phi) is 5.08. The van der Waals surface area contributed by atoms with Gasteiger partial charge in [0.1, 0.15) is 34.5 Å². The lowest BCUT2D eigenvalue weighted by Gasteiger charge is -2.14. The largest absolute Gasteiger partial charge is 0.497 e. The molecule has 0 saturated carbocycles. The molecule has 2 N–H and O–H groups in total. The molecule has 0 bridgehead atoms. The molecule has 3 aromatic rings. The van der Waals surface area contributed by atoms with E-state index in [0.717, 1.165) is 12.1 Å². The topological polar surface area (TPSA) is 70.3 Å². The van der Waals surface area contributed by atoms with E-state index in [9.17, 15) is 17.6 Å². The molecule has 2 aromatic carbocycles. The molecule has 1 aromatic heterocycles. The van der Waals surface area contributed by atoms with Gasteiger partial charge in [0.2, 0.25) is 5.88 Å². The predicted octanol–water partition coefficient (Wildman–Crippen LogP) is 4.99. The lowest BCUT2D eigenvalue weighted by molar-refractivity contribution is -0.137. The van der Waals surface area contributed by atoms with Crippen LogP contribution in [-0.2, 0) is 6.18 Å². The van der Waals surface area contributed by atoms with E-state index >= 15 is 0 Å². The summed E-state index contributed by atoms with van der Waals surface area (Å²) in [7, 11) is 1.52. The summed E-state index contributed by atoms with van der Waals surface area (Å²) in [4.78, 5) is 8.16. The minimum absolute atomic E-state index is 0.0352. The van der Waals surface area contributed by atoms with Crippen molar-refractivity contribution < 1.29 is 27.0 Å². The normalized spacial score (nSPS) is 11.4. The molecule has 0 spiro atoms. The zero-order valence-corrected chi connectivity index (χ0v) is 14.8. The maximum Gasteiger partial charge on any atom is 0.416 e. The van der Waals surface area contributed by atoms with Crippen LogP contribution in [0.5, 0.6) is 17.4 Å². The van der Waals surface area contributed by atoms with Crippen molar-refractivity contribution in [2.45, 2.75) is 13.1 Å². The zero-order valence-electron chi connectivity index (χ0n) is 14.8. The Hall–Kier alpha value is -3.36. The summed E-state index contributed by atoms with van der Waals surface area (Å²) in [5.41, 5.74) is 4.58. The Morgan fingerprint density at radius 3 is 2.18 bits per heavy atom. The summed E-state index contributed by atoms with van der Waals surface area (Å²) in [5, 5.41) is 0. The molecule has 1 heterocycles. The summed E-state index contributed by atoms with van der Waals surface area (Å²) in [6.45, 7) is 1.53. The fourth-order valence-corrected chi connectivity index (χ4v) is 2.48. The molecule has 0 amide bonds. The molecule has 0 saturated heterocycles. The van der Waals surface area contributed by atoms with Crippen LogP contribution in [-0.4, -0.2) is 17.1 Å². The summed E-state index contributed by atoms with van der Waals surface area (Å²) in [6.07, 6.45) is -4.66. The first-order chi connectivity index (χ1) is 13.2. The fourth-order valence-electron chi connectivity index (χ4n) is 2.48. The van der Waals surface area contributed by atoms with Crippen molar-refractivity contribution in [1.82, 2.24) is 9.97 Å². The van der Waals surface area contributed by atoms with E-state index < -0.39 is 17.6 Å². The van der Waals surface area contributed by atoms with Crippen molar-refractivity contribution in [2.24, 2.45) is 0 Å². The van der Waals surface area contributed by atoms with E-state index in [1.807, 2.05) is 0 Å². The molecule has 0 atom stereocenters. The molecule has 0 fully saturated rings. The standard InChI is InChI=1S/C19H15F4N3O2/c1-10-25-17(14-8-3-11(9-15(14)20)19(21,22)23)16(24)18(26-10)28-13-6-4-12(27-2)5-7-13/h3-9H,24H2,1-2H3. The Morgan fingerprint density at radius 2 is 1.61 bits per heavy atom. The molecule has 0 aliphatic carbocycles. The van der Waals surface area contributed by atoms with Crippen molar-refractivity contribution in [2.75, 3.05) is 12.8 Å². The SMILES string of the molecule is COc1ccc(Oc2nc(C)nc(-c3ccc(C(F)(F)F)cc3F)c2N)cc1. The lowest BCUT2D eigenvalue weighted by Crippen LogP contribution is -2.07. The van der Waals surface area contributed by atoms with Crippen molar-refractivity contribution in [3.05, 3.63) is 59.7 Å². The molecular formula is C19H15F4N3O2. The second-order valence-corrected chi connectivity index (χ2v) is 5.81. The van der Waals surface area contributed by atoms with Crippen LogP contribution in [0, 0.1) is 12.7 Å². The molecule has 9 heteroatoms. The number of aryl methyl sites for hydroxylation is 1. The third-order valence-electron chi connectivity index (χ3n) is 3.85. The van der Waals surface area contributed by atoms with Gasteiger partial charge < -0.3 is 15.2 Å². The Balaban J connectivity index is 2.01. The second kappa shape index (κ2) is 7.34. The highest BCUT2D eigenvalue weighted by atomic mass is 19.4. The average Bonchev–Trinajstić information content (AvgIpc) is 2.64. The van der Waals surface area contributed by atoms with Gasteiger partial charge in [-0.25, -0.2) is 9.37 Å². The number of nitrogen functional groups attached to an aromatic ring is 1. The molecule has 5 nitrogen and oxygen atoms in total. The highest BCUT2D eigenvalue weighted by Crippen LogP contribution is 2.37. The van der Waals surface area contributed by atoms with Crippen molar-refractivity contribution >= 4 is 5.69 Å². The van der Waals surface area contributed by atoms with Gasteiger partial charge in [-0.1, -0.05) is 0 Å². The third kappa shape index (κ3) is 3.98. The molecule has 0 aliphatic heterocycles. The highest BCUT2D eigenvalue weighted by Gasteiger charge is 2.31. The number of methoxy groups -OCH3 is 1.